The molecule has 1 aromatic carbocycles. The number of nitrogens with zero attached hydrogens (tertiary/aromatic N) is 2. The van der Waals surface area contributed by atoms with Gasteiger partial charge in [-0.2, -0.15) is 9.97 Å². The summed E-state index contributed by atoms with van der Waals surface area (Å²) in [6.45, 7) is 3.66. The molecule has 0 N–H and O–H groups in total. The van der Waals surface area contributed by atoms with Crippen LogP contribution in [0.25, 0.3) is 0 Å². The standard InChI is InChI=1S/C16H14N2O5/c1-4-10-9-6-5-7-11(14(9)15(19)22-10)23-16-17-12(20-2)8-13(18-16)21-3/h4-8,10H,1H2,2-3H3. The van der Waals surface area contributed by atoms with E-state index in [1.165, 1.54) is 20.3 Å². The van der Waals surface area contributed by atoms with Crippen molar-refractivity contribution in [3.05, 3.63) is 48.0 Å². The Morgan fingerprint density at radius 2 is 1.91 bits per heavy atom. The van der Waals surface area contributed by atoms with E-state index >= 15 is 0 Å². The molecule has 3 rings (SSSR count). The Balaban J connectivity index is 2.00. The molecule has 1 atom stereocenters. The van der Waals surface area contributed by atoms with Crippen LogP contribution in [0, 0.1) is 0 Å². The zero-order valence-corrected chi connectivity index (χ0v) is 12.6. The summed E-state index contributed by atoms with van der Waals surface area (Å²) >= 11 is 0. The van der Waals surface area contributed by atoms with Crippen molar-refractivity contribution in [2.75, 3.05) is 14.2 Å². The molecular weight excluding hydrogens is 300 g/mol. The molecular formula is C16H14N2O5. The van der Waals surface area contributed by atoms with Crippen molar-refractivity contribution in [2.45, 2.75) is 6.10 Å². The van der Waals surface area contributed by atoms with Crippen LogP contribution in [0.3, 0.4) is 0 Å². The van der Waals surface area contributed by atoms with E-state index in [1.807, 2.05) is 0 Å². The molecule has 0 bridgehead atoms. The van der Waals surface area contributed by atoms with E-state index in [1.54, 1.807) is 24.3 Å². The van der Waals surface area contributed by atoms with Crippen LogP contribution in [0.1, 0.15) is 22.0 Å². The fourth-order valence-electron chi connectivity index (χ4n) is 2.24. The van der Waals surface area contributed by atoms with Crippen molar-refractivity contribution >= 4 is 5.97 Å². The number of benzene rings is 1. The number of fused-ring (bicyclic) bond motifs is 1. The summed E-state index contributed by atoms with van der Waals surface area (Å²) in [6.07, 6.45) is 1.07. The minimum Gasteiger partial charge on any atom is -0.481 e. The molecule has 7 heteroatoms. The van der Waals surface area contributed by atoms with E-state index in [0.717, 1.165) is 0 Å². The largest absolute Gasteiger partial charge is 0.481 e. The first kappa shape index (κ1) is 14.8. The Hall–Kier alpha value is -3.09. The predicted molar refractivity (Wildman–Crippen MR) is 80.0 cm³/mol. The highest BCUT2D eigenvalue weighted by Crippen LogP contribution is 2.38. The van der Waals surface area contributed by atoms with Gasteiger partial charge >= 0.3 is 12.0 Å². The van der Waals surface area contributed by atoms with Crippen molar-refractivity contribution in [3.8, 4) is 23.5 Å². The third-order valence-corrected chi connectivity index (χ3v) is 3.30. The third kappa shape index (κ3) is 2.68. The lowest BCUT2D eigenvalue weighted by atomic mass is 10.0. The molecule has 7 nitrogen and oxygen atoms in total. The number of methoxy groups -OCH3 is 2. The Kier molecular flexibility index (Phi) is 3.84. The summed E-state index contributed by atoms with van der Waals surface area (Å²) in [7, 11) is 2.94. The molecule has 0 saturated carbocycles. The zero-order chi connectivity index (χ0) is 16.4. The first-order valence-corrected chi connectivity index (χ1v) is 6.77. The molecule has 0 saturated heterocycles. The van der Waals surface area contributed by atoms with Gasteiger partial charge in [-0.1, -0.05) is 18.7 Å². The first-order valence-electron chi connectivity index (χ1n) is 6.77. The molecule has 0 aliphatic carbocycles. The number of carbonyl (C=O) groups excluding carboxylic acids is 1. The minimum absolute atomic E-state index is 0.00412. The van der Waals surface area contributed by atoms with Crippen LogP contribution in [-0.2, 0) is 4.74 Å². The molecule has 1 aliphatic rings. The Bertz CT molecular complexity index is 753. The van der Waals surface area contributed by atoms with Gasteiger partial charge in [0.25, 0.3) is 0 Å². The molecule has 0 fully saturated rings. The lowest BCUT2D eigenvalue weighted by Gasteiger charge is -2.09. The van der Waals surface area contributed by atoms with E-state index in [-0.39, 0.29) is 17.8 Å². The number of cyclic esters (lactones) is 1. The fraction of sp³-hybridized carbons (Fsp3) is 0.188. The second-order valence-corrected chi connectivity index (χ2v) is 4.62. The topological polar surface area (TPSA) is 79.8 Å². The average molecular weight is 314 g/mol. The summed E-state index contributed by atoms with van der Waals surface area (Å²) in [5.41, 5.74) is 1.03. The fourth-order valence-corrected chi connectivity index (χ4v) is 2.24. The zero-order valence-electron chi connectivity index (χ0n) is 12.6. The van der Waals surface area contributed by atoms with Crippen LogP contribution >= 0.6 is 0 Å². The molecule has 0 spiro atoms. The van der Waals surface area contributed by atoms with Gasteiger partial charge in [-0.25, -0.2) is 4.79 Å². The molecule has 1 aromatic heterocycles. The van der Waals surface area contributed by atoms with Gasteiger partial charge in [-0.15, -0.1) is 0 Å². The molecule has 23 heavy (non-hydrogen) atoms. The second kappa shape index (κ2) is 5.96. The lowest BCUT2D eigenvalue weighted by Crippen LogP contribution is -2.01. The number of rotatable bonds is 5. The van der Waals surface area contributed by atoms with Gasteiger partial charge in [-0.05, 0) is 12.1 Å². The van der Waals surface area contributed by atoms with Gasteiger partial charge < -0.3 is 18.9 Å². The Morgan fingerprint density at radius 3 is 2.52 bits per heavy atom. The average Bonchev–Trinajstić information content (AvgIpc) is 2.91. The van der Waals surface area contributed by atoms with Crippen molar-refractivity contribution in [3.63, 3.8) is 0 Å². The summed E-state index contributed by atoms with van der Waals surface area (Å²) in [5.74, 6) is 0.388. The van der Waals surface area contributed by atoms with Crippen molar-refractivity contribution in [2.24, 2.45) is 0 Å². The van der Waals surface area contributed by atoms with Gasteiger partial charge in [-0.3, -0.25) is 0 Å². The second-order valence-electron chi connectivity index (χ2n) is 4.62. The van der Waals surface area contributed by atoms with Crippen LogP contribution in [0.2, 0.25) is 0 Å². The lowest BCUT2D eigenvalue weighted by molar-refractivity contribution is 0.0466. The third-order valence-electron chi connectivity index (χ3n) is 3.30. The number of hydrogen-bond acceptors (Lipinski definition) is 7. The van der Waals surface area contributed by atoms with Crippen molar-refractivity contribution < 1.29 is 23.7 Å². The van der Waals surface area contributed by atoms with Crippen LogP contribution in [0.15, 0.2) is 36.9 Å². The van der Waals surface area contributed by atoms with Gasteiger partial charge in [0, 0.05) is 5.56 Å². The van der Waals surface area contributed by atoms with E-state index < -0.39 is 12.1 Å². The van der Waals surface area contributed by atoms with E-state index in [2.05, 4.69) is 16.5 Å². The molecule has 2 aromatic rings. The molecule has 2 heterocycles. The van der Waals surface area contributed by atoms with Crippen LogP contribution < -0.4 is 14.2 Å². The van der Waals surface area contributed by atoms with E-state index in [9.17, 15) is 4.79 Å². The molecule has 0 amide bonds. The maximum atomic E-state index is 12.1. The highest BCUT2D eigenvalue weighted by molar-refractivity contribution is 5.97. The summed E-state index contributed by atoms with van der Waals surface area (Å²) < 4.78 is 21.0. The predicted octanol–water partition coefficient (Wildman–Crippen LogP) is 2.68. The minimum atomic E-state index is -0.484. The van der Waals surface area contributed by atoms with Gasteiger partial charge in [0.15, 0.2) is 0 Å². The molecule has 1 aliphatic heterocycles. The van der Waals surface area contributed by atoms with Gasteiger partial charge in [0.1, 0.15) is 17.4 Å². The maximum Gasteiger partial charge on any atom is 0.343 e. The van der Waals surface area contributed by atoms with Crippen LogP contribution in [0.4, 0.5) is 0 Å². The Morgan fingerprint density at radius 1 is 1.22 bits per heavy atom. The summed E-state index contributed by atoms with van der Waals surface area (Å²) in [5, 5.41) is 0. The molecule has 0 radical (unpaired) electrons. The molecule has 1 unspecified atom stereocenters. The highest BCUT2D eigenvalue weighted by Gasteiger charge is 2.32. The number of esters is 1. The number of hydrogen-bond donors (Lipinski definition) is 0. The van der Waals surface area contributed by atoms with Gasteiger partial charge in [0.2, 0.25) is 11.8 Å². The normalized spacial score (nSPS) is 15.6. The Labute approximate surface area is 132 Å². The van der Waals surface area contributed by atoms with Crippen molar-refractivity contribution in [1.82, 2.24) is 9.97 Å². The summed E-state index contributed by atoms with van der Waals surface area (Å²) in [4.78, 5) is 20.2. The first-order chi connectivity index (χ1) is 11.2. The monoisotopic (exact) mass is 314 g/mol. The van der Waals surface area contributed by atoms with Crippen LogP contribution in [-0.4, -0.2) is 30.2 Å². The maximum absolute atomic E-state index is 12.1. The highest BCUT2D eigenvalue weighted by atomic mass is 16.6. The number of aromatic nitrogens is 2. The molecule has 118 valence electrons. The quantitative estimate of drug-likeness (QED) is 0.620. The van der Waals surface area contributed by atoms with Crippen LogP contribution in [0.5, 0.6) is 23.5 Å². The van der Waals surface area contributed by atoms with E-state index in [0.29, 0.717) is 16.9 Å². The smallest absolute Gasteiger partial charge is 0.343 e. The number of carbonyl (C=O) groups is 1. The van der Waals surface area contributed by atoms with E-state index in [4.69, 9.17) is 18.9 Å². The number of ether oxygens (including phenoxy) is 4. The summed E-state index contributed by atoms with van der Waals surface area (Å²) in [6, 6.07) is 6.70. The van der Waals surface area contributed by atoms with Crippen molar-refractivity contribution in [1.29, 1.82) is 0 Å². The van der Waals surface area contributed by atoms with Gasteiger partial charge in [0.05, 0.1) is 20.3 Å². The SMILES string of the molecule is C=CC1OC(=O)c2c(Oc3nc(OC)cc(OC)n3)cccc21.